The van der Waals surface area contributed by atoms with Crippen LogP contribution in [0.1, 0.15) is 11.3 Å². The van der Waals surface area contributed by atoms with E-state index in [1.54, 1.807) is 0 Å². The van der Waals surface area contributed by atoms with Gasteiger partial charge < -0.3 is 13.9 Å². The zero-order valence-corrected chi connectivity index (χ0v) is 28.1. The number of phenolic OH excluding ortho intramolecular Hbond substituents is 1. The van der Waals surface area contributed by atoms with Crippen LogP contribution in [-0.2, 0) is 0 Å². The van der Waals surface area contributed by atoms with Crippen molar-refractivity contribution in [2.45, 2.75) is 13.8 Å². The SMILES string of the molecule is Cc1cc(-c2ccc(-c3ccc4c(c3)oc3ccccc34)o2)cc(-c2cccc(-c3cc(-c4ccccc4)cc(-c4cccc(C)c4O)n3)c2)n1. The van der Waals surface area contributed by atoms with Crippen molar-refractivity contribution in [3.05, 3.63) is 163 Å². The summed E-state index contributed by atoms with van der Waals surface area (Å²) >= 11 is 0. The number of fused-ring (bicyclic) bond motifs is 3. The normalized spacial score (nSPS) is 11.4. The fraction of sp³-hybridized carbons (Fsp3) is 0.0435. The van der Waals surface area contributed by atoms with Gasteiger partial charge in [0.2, 0.25) is 0 Å². The second-order valence-corrected chi connectivity index (χ2v) is 12.9. The van der Waals surface area contributed by atoms with E-state index in [4.69, 9.17) is 18.8 Å². The van der Waals surface area contributed by atoms with Gasteiger partial charge in [-0.25, -0.2) is 4.98 Å². The zero-order valence-electron chi connectivity index (χ0n) is 28.1. The molecule has 9 aromatic rings. The summed E-state index contributed by atoms with van der Waals surface area (Å²) in [6, 6.07) is 50.9. The highest BCUT2D eigenvalue weighted by atomic mass is 16.3. The maximum atomic E-state index is 11.0. The summed E-state index contributed by atoms with van der Waals surface area (Å²) < 4.78 is 12.6. The van der Waals surface area contributed by atoms with Gasteiger partial charge in [-0.15, -0.1) is 0 Å². The first-order valence-corrected chi connectivity index (χ1v) is 16.9. The van der Waals surface area contributed by atoms with Crippen LogP contribution in [0, 0.1) is 13.8 Å². The average molecular weight is 661 g/mol. The Bertz CT molecular complexity index is 2740. The summed E-state index contributed by atoms with van der Waals surface area (Å²) in [7, 11) is 0. The lowest BCUT2D eigenvalue weighted by Crippen LogP contribution is -1.93. The number of hydrogen-bond donors (Lipinski definition) is 1. The molecule has 4 aromatic heterocycles. The van der Waals surface area contributed by atoms with E-state index in [2.05, 4.69) is 60.7 Å². The third kappa shape index (κ3) is 5.65. The fourth-order valence-electron chi connectivity index (χ4n) is 6.80. The molecule has 0 aliphatic carbocycles. The number of aromatic hydroxyl groups is 1. The van der Waals surface area contributed by atoms with Crippen LogP contribution in [0.2, 0.25) is 0 Å². The number of hydrogen-bond acceptors (Lipinski definition) is 5. The van der Waals surface area contributed by atoms with Crippen LogP contribution >= 0.6 is 0 Å². The monoisotopic (exact) mass is 660 g/mol. The maximum Gasteiger partial charge on any atom is 0.136 e. The van der Waals surface area contributed by atoms with Crippen LogP contribution < -0.4 is 0 Å². The molecule has 5 nitrogen and oxygen atoms in total. The number of pyridine rings is 2. The Labute approximate surface area is 295 Å². The van der Waals surface area contributed by atoms with Gasteiger partial charge in [0.25, 0.3) is 0 Å². The number of para-hydroxylation sites is 2. The van der Waals surface area contributed by atoms with Crippen molar-refractivity contribution in [2.24, 2.45) is 0 Å². The summed E-state index contributed by atoms with van der Waals surface area (Å²) in [6.45, 7) is 3.90. The van der Waals surface area contributed by atoms with Gasteiger partial charge in [0.15, 0.2) is 0 Å². The van der Waals surface area contributed by atoms with Crippen molar-refractivity contribution in [3.8, 4) is 73.3 Å². The van der Waals surface area contributed by atoms with Crippen molar-refractivity contribution in [2.75, 3.05) is 0 Å². The molecule has 0 spiro atoms. The summed E-state index contributed by atoms with van der Waals surface area (Å²) in [6.07, 6.45) is 0. The lowest BCUT2D eigenvalue weighted by atomic mass is 9.97. The van der Waals surface area contributed by atoms with Crippen LogP contribution in [0.25, 0.3) is 89.5 Å². The molecule has 1 N–H and O–H groups in total. The van der Waals surface area contributed by atoms with Crippen molar-refractivity contribution in [1.82, 2.24) is 9.97 Å². The molecule has 4 heterocycles. The molecule has 0 radical (unpaired) electrons. The minimum absolute atomic E-state index is 0.238. The Hall–Kier alpha value is -6.72. The molecule has 5 heteroatoms. The first kappa shape index (κ1) is 30.3. The quantitative estimate of drug-likeness (QED) is 0.192. The van der Waals surface area contributed by atoms with Crippen molar-refractivity contribution in [3.63, 3.8) is 0 Å². The third-order valence-electron chi connectivity index (χ3n) is 9.41. The van der Waals surface area contributed by atoms with Crippen molar-refractivity contribution < 1.29 is 13.9 Å². The van der Waals surface area contributed by atoms with Gasteiger partial charge in [-0.1, -0.05) is 84.9 Å². The predicted molar refractivity (Wildman–Crippen MR) is 205 cm³/mol. The summed E-state index contributed by atoms with van der Waals surface area (Å²) in [5.74, 6) is 1.77. The molecule has 0 saturated carbocycles. The summed E-state index contributed by atoms with van der Waals surface area (Å²) in [4.78, 5) is 10.0. The first-order chi connectivity index (χ1) is 25.0. The lowest BCUT2D eigenvalue weighted by Gasteiger charge is -2.13. The van der Waals surface area contributed by atoms with E-state index in [9.17, 15) is 5.11 Å². The smallest absolute Gasteiger partial charge is 0.136 e. The van der Waals surface area contributed by atoms with E-state index in [0.717, 1.165) is 89.5 Å². The topological polar surface area (TPSA) is 72.3 Å². The van der Waals surface area contributed by atoms with Gasteiger partial charge in [0, 0.05) is 44.3 Å². The number of aryl methyl sites for hydroxylation is 2. The lowest BCUT2D eigenvalue weighted by molar-refractivity contribution is 0.473. The van der Waals surface area contributed by atoms with E-state index >= 15 is 0 Å². The highest BCUT2D eigenvalue weighted by Crippen LogP contribution is 2.38. The molecule has 0 aliphatic heterocycles. The van der Waals surface area contributed by atoms with E-state index in [-0.39, 0.29) is 5.75 Å². The van der Waals surface area contributed by atoms with Crippen LogP contribution in [0.15, 0.2) is 160 Å². The molecule has 9 rings (SSSR count). The molecule has 51 heavy (non-hydrogen) atoms. The molecule has 0 amide bonds. The predicted octanol–water partition coefficient (Wildman–Crippen LogP) is 12.3. The second kappa shape index (κ2) is 12.3. The van der Waals surface area contributed by atoms with Gasteiger partial charge in [-0.2, -0.15) is 0 Å². The minimum atomic E-state index is 0.238. The third-order valence-corrected chi connectivity index (χ3v) is 9.41. The number of phenols is 1. The molecule has 0 atom stereocenters. The second-order valence-electron chi connectivity index (χ2n) is 12.9. The highest BCUT2D eigenvalue weighted by molar-refractivity contribution is 6.05. The fourth-order valence-corrected chi connectivity index (χ4v) is 6.80. The molecule has 0 unspecified atom stereocenters. The maximum absolute atomic E-state index is 11.0. The molecule has 0 fully saturated rings. The van der Waals surface area contributed by atoms with Crippen LogP contribution in [0.4, 0.5) is 0 Å². The Morgan fingerprint density at radius 2 is 1.10 bits per heavy atom. The van der Waals surface area contributed by atoms with Crippen LogP contribution in [-0.4, -0.2) is 15.1 Å². The molecule has 0 saturated heterocycles. The number of aromatic nitrogens is 2. The highest BCUT2D eigenvalue weighted by Gasteiger charge is 2.16. The van der Waals surface area contributed by atoms with Crippen molar-refractivity contribution >= 4 is 21.9 Å². The molecule has 5 aromatic carbocycles. The standard InChI is InChI=1S/C46H32N2O3/c1-28-10-8-16-38(46(28)49)41-25-34(30-11-4-3-5-12-30)24-40(48-41)32-14-9-13-31(23-32)39-26-35(22-29(2)47-39)43-21-20-42(50-43)33-18-19-37-36-15-6-7-17-44(36)51-45(37)27-33/h3-27,49H,1-2H3. The van der Waals surface area contributed by atoms with Gasteiger partial charge in [0.05, 0.1) is 17.1 Å². The Morgan fingerprint density at radius 1 is 0.431 bits per heavy atom. The van der Waals surface area contributed by atoms with Gasteiger partial charge in [-0.05, 0) is 97.3 Å². The van der Waals surface area contributed by atoms with E-state index in [1.807, 2.05) is 105 Å². The van der Waals surface area contributed by atoms with Crippen LogP contribution in [0.3, 0.4) is 0 Å². The number of rotatable bonds is 6. The van der Waals surface area contributed by atoms with E-state index in [0.29, 0.717) is 11.3 Å². The van der Waals surface area contributed by atoms with Crippen molar-refractivity contribution in [1.29, 1.82) is 0 Å². The first-order valence-electron chi connectivity index (χ1n) is 16.9. The van der Waals surface area contributed by atoms with Gasteiger partial charge in [-0.3, -0.25) is 4.98 Å². The largest absolute Gasteiger partial charge is 0.507 e. The summed E-state index contributed by atoms with van der Waals surface area (Å²) in [5, 5.41) is 13.2. The minimum Gasteiger partial charge on any atom is -0.507 e. The Kier molecular flexibility index (Phi) is 7.32. The van der Waals surface area contributed by atoms with E-state index < -0.39 is 0 Å². The van der Waals surface area contributed by atoms with E-state index in [1.165, 1.54) is 0 Å². The number of nitrogens with zero attached hydrogens (tertiary/aromatic N) is 2. The van der Waals surface area contributed by atoms with Gasteiger partial charge in [0.1, 0.15) is 28.4 Å². The molecule has 0 aliphatic rings. The number of furan rings is 2. The summed E-state index contributed by atoms with van der Waals surface area (Å²) in [5.41, 5.74) is 12.4. The van der Waals surface area contributed by atoms with Gasteiger partial charge >= 0.3 is 0 Å². The Morgan fingerprint density at radius 3 is 1.94 bits per heavy atom. The molecular weight excluding hydrogens is 629 g/mol. The number of benzene rings is 5. The zero-order chi connectivity index (χ0) is 34.5. The molecule has 244 valence electrons. The molecular formula is C46H32N2O3. The Balaban J connectivity index is 1.08. The van der Waals surface area contributed by atoms with Crippen LogP contribution in [0.5, 0.6) is 5.75 Å². The average Bonchev–Trinajstić information content (AvgIpc) is 3.81. The molecule has 0 bridgehead atoms.